The summed E-state index contributed by atoms with van der Waals surface area (Å²) in [6.45, 7) is 0.242. The van der Waals surface area contributed by atoms with E-state index in [1.165, 1.54) is 0 Å². The molecule has 2 aromatic carbocycles. The van der Waals surface area contributed by atoms with Crippen LogP contribution in [0.1, 0.15) is 15.9 Å². The van der Waals surface area contributed by atoms with Crippen LogP contribution >= 0.6 is 0 Å². The van der Waals surface area contributed by atoms with Crippen LogP contribution in [0.25, 0.3) is 10.9 Å². The van der Waals surface area contributed by atoms with Crippen LogP contribution in [0, 0.1) is 0 Å². The molecule has 1 aromatic heterocycles. The predicted octanol–water partition coefficient (Wildman–Crippen LogP) is 3.54. The molecule has 0 amide bonds. The van der Waals surface area contributed by atoms with Crippen LogP contribution in [0.5, 0.6) is 5.75 Å². The van der Waals surface area contributed by atoms with Crippen molar-refractivity contribution in [2.75, 3.05) is 7.11 Å². The molecule has 22 heavy (non-hydrogen) atoms. The number of aromatic nitrogens is 1. The number of ether oxygens (including phenoxy) is 2. The zero-order chi connectivity index (χ0) is 15.5. The van der Waals surface area contributed by atoms with Crippen molar-refractivity contribution < 1.29 is 14.3 Å². The molecular weight excluding hydrogens is 278 g/mol. The molecule has 0 aliphatic carbocycles. The summed E-state index contributed by atoms with van der Waals surface area (Å²) in [6, 6.07) is 15.2. The topological polar surface area (TPSA) is 40.5 Å². The van der Waals surface area contributed by atoms with Crippen molar-refractivity contribution in [3.05, 3.63) is 65.9 Å². The molecule has 1 heterocycles. The lowest BCUT2D eigenvalue weighted by Crippen LogP contribution is -2.04. The Morgan fingerprint density at radius 3 is 2.55 bits per heavy atom. The van der Waals surface area contributed by atoms with Gasteiger partial charge in [0.2, 0.25) is 0 Å². The fraction of sp³-hybridized carbons (Fsp3) is 0.167. The average molecular weight is 295 g/mol. The van der Waals surface area contributed by atoms with E-state index in [1.807, 2.05) is 60.1 Å². The Morgan fingerprint density at radius 2 is 1.82 bits per heavy atom. The molecule has 0 N–H and O–H groups in total. The lowest BCUT2D eigenvalue weighted by Gasteiger charge is -2.05. The summed E-state index contributed by atoms with van der Waals surface area (Å²) in [5.74, 6) is 0.469. The van der Waals surface area contributed by atoms with Crippen LogP contribution in [0.4, 0.5) is 0 Å². The summed E-state index contributed by atoms with van der Waals surface area (Å²) in [4.78, 5) is 12.3. The second kappa shape index (κ2) is 5.93. The Bertz CT molecular complexity index is 803. The molecule has 4 heteroatoms. The van der Waals surface area contributed by atoms with Gasteiger partial charge >= 0.3 is 5.97 Å². The number of rotatable bonds is 4. The molecule has 0 bridgehead atoms. The van der Waals surface area contributed by atoms with Crippen molar-refractivity contribution in [3.63, 3.8) is 0 Å². The Morgan fingerprint density at radius 1 is 1.09 bits per heavy atom. The summed E-state index contributed by atoms with van der Waals surface area (Å²) < 4.78 is 12.5. The van der Waals surface area contributed by atoms with Gasteiger partial charge in [0.05, 0.1) is 12.7 Å². The van der Waals surface area contributed by atoms with Gasteiger partial charge in [-0.05, 0) is 23.8 Å². The molecule has 0 aliphatic heterocycles. The number of esters is 1. The SMILES string of the molecule is COc1ccc(COC(=O)c2cn(C)c3ccccc23)cc1. The summed E-state index contributed by atoms with van der Waals surface area (Å²) >= 11 is 0. The molecule has 4 nitrogen and oxygen atoms in total. The van der Waals surface area contributed by atoms with E-state index in [2.05, 4.69) is 0 Å². The van der Waals surface area contributed by atoms with Gasteiger partial charge in [0, 0.05) is 24.1 Å². The maximum Gasteiger partial charge on any atom is 0.340 e. The summed E-state index contributed by atoms with van der Waals surface area (Å²) in [6.07, 6.45) is 1.81. The number of fused-ring (bicyclic) bond motifs is 1. The second-order valence-corrected chi connectivity index (χ2v) is 5.10. The number of carbonyl (C=O) groups excluding carboxylic acids is 1. The maximum atomic E-state index is 12.3. The summed E-state index contributed by atoms with van der Waals surface area (Å²) in [7, 11) is 3.54. The van der Waals surface area contributed by atoms with Crippen molar-refractivity contribution in [3.8, 4) is 5.75 Å². The van der Waals surface area contributed by atoms with Crippen molar-refractivity contribution in [2.24, 2.45) is 7.05 Å². The van der Waals surface area contributed by atoms with E-state index in [-0.39, 0.29) is 12.6 Å². The molecule has 0 saturated carbocycles. The van der Waals surface area contributed by atoms with E-state index >= 15 is 0 Å². The minimum absolute atomic E-state index is 0.242. The number of hydrogen-bond donors (Lipinski definition) is 0. The van der Waals surface area contributed by atoms with Crippen LogP contribution in [-0.4, -0.2) is 17.6 Å². The minimum Gasteiger partial charge on any atom is -0.497 e. The van der Waals surface area contributed by atoms with Gasteiger partial charge in [0.15, 0.2) is 0 Å². The largest absolute Gasteiger partial charge is 0.497 e. The molecule has 0 spiro atoms. The third-order valence-corrected chi connectivity index (χ3v) is 3.65. The number of benzene rings is 2. The van der Waals surface area contributed by atoms with Gasteiger partial charge in [-0.1, -0.05) is 30.3 Å². The lowest BCUT2D eigenvalue weighted by atomic mass is 10.2. The Balaban J connectivity index is 1.75. The first-order chi connectivity index (χ1) is 10.7. The Labute approximate surface area is 128 Å². The van der Waals surface area contributed by atoms with E-state index in [1.54, 1.807) is 13.3 Å². The predicted molar refractivity (Wildman–Crippen MR) is 85.0 cm³/mol. The third-order valence-electron chi connectivity index (χ3n) is 3.65. The van der Waals surface area contributed by atoms with E-state index in [0.29, 0.717) is 5.56 Å². The lowest BCUT2D eigenvalue weighted by molar-refractivity contribution is 0.0475. The maximum absolute atomic E-state index is 12.3. The van der Waals surface area contributed by atoms with Gasteiger partial charge in [0.25, 0.3) is 0 Å². The number of nitrogens with zero attached hydrogens (tertiary/aromatic N) is 1. The molecule has 0 fully saturated rings. The van der Waals surface area contributed by atoms with Gasteiger partial charge in [-0.15, -0.1) is 0 Å². The van der Waals surface area contributed by atoms with Crippen molar-refractivity contribution in [1.29, 1.82) is 0 Å². The highest BCUT2D eigenvalue weighted by molar-refractivity contribution is 6.04. The van der Waals surface area contributed by atoms with Crippen LogP contribution in [0.2, 0.25) is 0 Å². The standard InChI is InChI=1S/C18H17NO3/c1-19-11-16(15-5-3-4-6-17(15)19)18(20)22-12-13-7-9-14(21-2)10-8-13/h3-11H,12H2,1-2H3. The van der Waals surface area contributed by atoms with Crippen molar-refractivity contribution >= 4 is 16.9 Å². The van der Waals surface area contributed by atoms with Gasteiger partial charge < -0.3 is 14.0 Å². The Kier molecular flexibility index (Phi) is 3.83. The third kappa shape index (κ3) is 2.68. The smallest absolute Gasteiger partial charge is 0.340 e. The molecular formula is C18H17NO3. The van der Waals surface area contributed by atoms with E-state index < -0.39 is 0 Å². The van der Waals surface area contributed by atoms with Gasteiger partial charge in [-0.25, -0.2) is 4.79 Å². The first-order valence-electron chi connectivity index (χ1n) is 7.03. The van der Waals surface area contributed by atoms with Crippen molar-refractivity contribution in [2.45, 2.75) is 6.61 Å². The van der Waals surface area contributed by atoms with Crippen LogP contribution < -0.4 is 4.74 Å². The number of aryl methyl sites for hydroxylation is 1. The number of hydrogen-bond acceptors (Lipinski definition) is 3. The highest BCUT2D eigenvalue weighted by atomic mass is 16.5. The minimum atomic E-state index is -0.312. The van der Waals surface area contributed by atoms with E-state index in [0.717, 1.165) is 22.2 Å². The average Bonchev–Trinajstić information content (AvgIpc) is 2.91. The zero-order valence-corrected chi connectivity index (χ0v) is 12.6. The first kappa shape index (κ1) is 14.2. The summed E-state index contributed by atoms with van der Waals surface area (Å²) in [5.41, 5.74) is 2.53. The second-order valence-electron chi connectivity index (χ2n) is 5.10. The highest BCUT2D eigenvalue weighted by Gasteiger charge is 2.14. The quantitative estimate of drug-likeness (QED) is 0.691. The van der Waals surface area contributed by atoms with E-state index in [9.17, 15) is 4.79 Å². The van der Waals surface area contributed by atoms with Crippen molar-refractivity contribution in [1.82, 2.24) is 4.57 Å². The fourth-order valence-corrected chi connectivity index (χ4v) is 2.45. The molecule has 3 rings (SSSR count). The monoisotopic (exact) mass is 295 g/mol. The van der Waals surface area contributed by atoms with Gasteiger partial charge in [-0.3, -0.25) is 0 Å². The molecule has 3 aromatic rings. The van der Waals surface area contributed by atoms with E-state index in [4.69, 9.17) is 9.47 Å². The van der Waals surface area contributed by atoms with Crippen LogP contribution in [0.3, 0.4) is 0 Å². The Hall–Kier alpha value is -2.75. The number of para-hydroxylation sites is 1. The van der Waals surface area contributed by atoms with Crippen LogP contribution in [0.15, 0.2) is 54.7 Å². The molecule has 0 unspecified atom stereocenters. The molecule has 0 radical (unpaired) electrons. The zero-order valence-electron chi connectivity index (χ0n) is 12.6. The van der Waals surface area contributed by atoms with Gasteiger partial charge in [-0.2, -0.15) is 0 Å². The molecule has 0 saturated heterocycles. The molecule has 0 aliphatic rings. The molecule has 0 atom stereocenters. The summed E-state index contributed by atoms with van der Waals surface area (Å²) in [5, 5.41) is 0.907. The molecule has 112 valence electrons. The fourth-order valence-electron chi connectivity index (χ4n) is 2.45. The van der Waals surface area contributed by atoms with Crippen LogP contribution in [-0.2, 0) is 18.4 Å². The highest BCUT2D eigenvalue weighted by Crippen LogP contribution is 2.21. The van der Waals surface area contributed by atoms with Gasteiger partial charge in [0.1, 0.15) is 12.4 Å². The number of carbonyl (C=O) groups is 1. The first-order valence-corrected chi connectivity index (χ1v) is 7.03. The number of methoxy groups -OCH3 is 1. The normalized spacial score (nSPS) is 10.6.